The van der Waals surface area contributed by atoms with Crippen LogP contribution in [0, 0.1) is 5.82 Å². The van der Waals surface area contributed by atoms with E-state index in [9.17, 15) is 8.60 Å². The van der Waals surface area contributed by atoms with Crippen molar-refractivity contribution >= 4 is 49.4 Å². The Bertz CT molecular complexity index is 674. The van der Waals surface area contributed by atoms with Gasteiger partial charge in [-0.1, -0.05) is 0 Å². The van der Waals surface area contributed by atoms with Crippen LogP contribution in [0.3, 0.4) is 0 Å². The van der Waals surface area contributed by atoms with Crippen molar-refractivity contribution < 1.29 is 8.60 Å². The van der Waals surface area contributed by atoms with Gasteiger partial charge in [0.15, 0.2) is 0 Å². The summed E-state index contributed by atoms with van der Waals surface area (Å²) in [6.45, 7) is 3.76. The Kier molecular flexibility index (Phi) is 4.87. The van der Waals surface area contributed by atoms with Gasteiger partial charge in [-0.25, -0.2) is 9.37 Å². The summed E-state index contributed by atoms with van der Waals surface area (Å²) in [5, 5.41) is -0.308. The highest BCUT2D eigenvalue weighted by atomic mass is 79.9. The number of hydrogen-bond acceptors (Lipinski definition) is 2. The van der Waals surface area contributed by atoms with E-state index >= 15 is 0 Å². The molecule has 0 saturated carbocycles. The molecule has 0 aliphatic heterocycles. The van der Waals surface area contributed by atoms with Crippen molar-refractivity contribution in [2.75, 3.05) is 12.0 Å². The third kappa shape index (κ3) is 3.07. The quantitative estimate of drug-likeness (QED) is 0.745. The first kappa shape index (κ1) is 15.9. The first-order valence-corrected chi connectivity index (χ1v) is 9.08. The summed E-state index contributed by atoms with van der Waals surface area (Å²) in [6.07, 6.45) is 1.65. The van der Waals surface area contributed by atoms with E-state index in [2.05, 4.69) is 20.9 Å². The topological polar surface area (TPSA) is 34.9 Å². The third-order valence-electron chi connectivity index (χ3n) is 3.03. The average molecular weight is 382 g/mol. The molecule has 0 aliphatic carbocycles. The zero-order valence-electron chi connectivity index (χ0n) is 11.4. The molecule has 0 radical (unpaired) electrons. The second kappa shape index (κ2) is 6.12. The molecule has 3 atom stereocenters. The zero-order valence-corrected chi connectivity index (χ0v) is 14.5. The standard InChI is InChI=1S/C13H15BrClFN2OS/c1-7(6-20(3)19)18-12-5-10(16)9(14)4-11(12)17-13(18)8(2)15/h4-5,7-8H,6H2,1-3H3. The average Bonchev–Trinajstić information content (AvgIpc) is 2.67. The van der Waals surface area contributed by atoms with Crippen LogP contribution in [-0.4, -0.2) is 25.8 Å². The summed E-state index contributed by atoms with van der Waals surface area (Å²) in [6, 6.07) is 3.01. The highest BCUT2D eigenvalue weighted by molar-refractivity contribution is 9.10. The highest BCUT2D eigenvalue weighted by Crippen LogP contribution is 2.31. The maximum absolute atomic E-state index is 13.8. The molecule has 1 aromatic carbocycles. The zero-order chi connectivity index (χ0) is 15.0. The highest BCUT2D eigenvalue weighted by Gasteiger charge is 2.21. The Hall–Kier alpha value is -0.460. The second-order valence-electron chi connectivity index (χ2n) is 4.80. The number of rotatable bonds is 4. The lowest BCUT2D eigenvalue weighted by molar-refractivity contribution is 0.580. The van der Waals surface area contributed by atoms with Crippen molar-refractivity contribution in [1.82, 2.24) is 9.55 Å². The van der Waals surface area contributed by atoms with E-state index in [4.69, 9.17) is 11.6 Å². The van der Waals surface area contributed by atoms with Crippen LogP contribution < -0.4 is 0 Å². The smallest absolute Gasteiger partial charge is 0.139 e. The van der Waals surface area contributed by atoms with Crippen molar-refractivity contribution in [2.45, 2.75) is 25.3 Å². The Balaban J connectivity index is 2.67. The van der Waals surface area contributed by atoms with Gasteiger partial charge in [0, 0.05) is 34.9 Å². The molecule has 3 nitrogen and oxygen atoms in total. The van der Waals surface area contributed by atoms with Gasteiger partial charge in [0.05, 0.1) is 20.9 Å². The van der Waals surface area contributed by atoms with Crippen LogP contribution in [0.25, 0.3) is 11.0 Å². The SMILES string of the molecule is CC(Cl)c1nc2cc(Br)c(F)cc2n1C(C)CS(C)=O. The molecular formula is C13H15BrClFN2OS. The monoisotopic (exact) mass is 380 g/mol. The predicted octanol–water partition coefficient (Wildman–Crippen LogP) is 4.18. The largest absolute Gasteiger partial charge is 0.323 e. The number of hydrogen-bond donors (Lipinski definition) is 0. The molecule has 110 valence electrons. The molecule has 20 heavy (non-hydrogen) atoms. The molecule has 0 aliphatic rings. The van der Waals surface area contributed by atoms with Crippen LogP contribution in [0.5, 0.6) is 0 Å². The van der Waals surface area contributed by atoms with E-state index in [0.717, 1.165) is 0 Å². The van der Waals surface area contributed by atoms with Crippen molar-refractivity contribution in [3.63, 3.8) is 0 Å². The van der Waals surface area contributed by atoms with E-state index < -0.39 is 10.8 Å². The molecule has 1 aromatic heterocycles. The molecule has 0 fully saturated rings. The summed E-state index contributed by atoms with van der Waals surface area (Å²) in [5.74, 6) is 0.786. The van der Waals surface area contributed by atoms with Gasteiger partial charge in [-0.2, -0.15) is 0 Å². The number of aromatic nitrogens is 2. The number of halogens is 3. The van der Waals surface area contributed by atoms with Crippen LogP contribution in [-0.2, 0) is 10.8 Å². The molecule has 3 unspecified atom stereocenters. The van der Waals surface area contributed by atoms with Crippen molar-refractivity contribution in [1.29, 1.82) is 0 Å². The first-order chi connectivity index (χ1) is 9.31. The lowest BCUT2D eigenvalue weighted by Crippen LogP contribution is -2.16. The lowest BCUT2D eigenvalue weighted by atomic mass is 10.2. The Morgan fingerprint density at radius 2 is 2.15 bits per heavy atom. The van der Waals surface area contributed by atoms with Gasteiger partial charge in [-0.05, 0) is 35.8 Å². The number of benzene rings is 1. The number of nitrogens with zero attached hydrogens (tertiary/aromatic N) is 2. The molecule has 7 heteroatoms. The molecular weight excluding hydrogens is 367 g/mol. The maximum atomic E-state index is 13.8. The number of imidazole rings is 1. The summed E-state index contributed by atoms with van der Waals surface area (Å²) in [5.41, 5.74) is 1.35. The maximum Gasteiger partial charge on any atom is 0.139 e. The normalized spacial score (nSPS) is 16.3. The Morgan fingerprint density at radius 1 is 1.50 bits per heavy atom. The number of alkyl halides is 1. The van der Waals surface area contributed by atoms with Crippen LogP contribution in [0.2, 0.25) is 0 Å². The third-order valence-corrected chi connectivity index (χ3v) is 4.79. The molecule has 2 aromatic rings. The van der Waals surface area contributed by atoms with Crippen LogP contribution in [0.15, 0.2) is 16.6 Å². The van der Waals surface area contributed by atoms with Gasteiger partial charge >= 0.3 is 0 Å². The van der Waals surface area contributed by atoms with E-state index in [0.29, 0.717) is 27.1 Å². The van der Waals surface area contributed by atoms with Crippen molar-refractivity contribution in [3.05, 3.63) is 28.2 Å². The minimum absolute atomic E-state index is 0.0670. The van der Waals surface area contributed by atoms with Crippen LogP contribution in [0.4, 0.5) is 4.39 Å². The fourth-order valence-corrected chi connectivity index (χ4v) is 3.58. The second-order valence-corrected chi connectivity index (χ2v) is 7.79. The predicted molar refractivity (Wildman–Crippen MR) is 85.3 cm³/mol. The van der Waals surface area contributed by atoms with E-state index in [1.807, 2.05) is 18.4 Å². The van der Waals surface area contributed by atoms with E-state index in [1.54, 1.807) is 12.3 Å². The van der Waals surface area contributed by atoms with Crippen molar-refractivity contribution in [2.24, 2.45) is 0 Å². The van der Waals surface area contributed by atoms with Gasteiger partial charge in [0.25, 0.3) is 0 Å². The summed E-state index contributed by atoms with van der Waals surface area (Å²) in [4.78, 5) is 4.48. The first-order valence-electron chi connectivity index (χ1n) is 6.12. The van der Waals surface area contributed by atoms with Crippen LogP contribution >= 0.6 is 27.5 Å². The molecule has 1 heterocycles. The minimum atomic E-state index is -0.949. The Morgan fingerprint density at radius 3 is 2.70 bits per heavy atom. The van der Waals surface area contributed by atoms with Gasteiger partial charge in [-0.15, -0.1) is 11.6 Å². The molecule has 0 saturated heterocycles. The van der Waals surface area contributed by atoms with Crippen molar-refractivity contribution in [3.8, 4) is 0 Å². The van der Waals surface area contributed by atoms with Gasteiger partial charge in [-0.3, -0.25) is 4.21 Å². The van der Waals surface area contributed by atoms with Crippen LogP contribution in [0.1, 0.15) is 31.1 Å². The molecule has 0 N–H and O–H groups in total. The van der Waals surface area contributed by atoms with E-state index in [-0.39, 0.29) is 17.2 Å². The molecule has 0 bridgehead atoms. The Labute approximate surface area is 133 Å². The summed E-state index contributed by atoms with van der Waals surface area (Å²) < 4.78 is 27.5. The van der Waals surface area contributed by atoms with E-state index in [1.165, 1.54) is 6.07 Å². The lowest BCUT2D eigenvalue weighted by Gasteiger charge is -2.17. The molecule has 2 rings (SSSR count). The van der Waals surface area contributed by atoms with Gasteiger partial charge in [0.2, 0.25) is 0 Å². The minimum Gasteiger partial charge on any atom is -0.323 e. The fourth-order valence-electron chi connectivity index (χ4n) is 2.27. The number of fused-ring (bicyclic) bond motifs is 1. The molecule has 0 amide bonds. The fraction of sp³-hybridized carbons (Fsp3) is 0.462. The molecule has 0 spiro atoms. The van der Waals surface area contributed by atoms with Gasteiger partial charge in [0.1, 0.15) is 11.6 Å². The summed E-state index contributed by atoms with van der Waals surface area (Å²) in [7, 11) is -0.949. The summed E-state index contributed by atoms with van der Waals surface area (Å²) >= 11 is 9.33. The van der Waals surface area contributed by atoms with Gasteiger partial charge < -0.3 is 4.57 Å².